The molecule has 0 aromatic carbocycles. The van der Waals surface area contributed by atoms with E-state index in [-0.39, 0.29) is 0 Å². The van der Waals surface area contributed by atoms with E-state index < -0.39 is 0 Å². The predicted octanol–water partition coefficient (Wildman–Crippen LogP) is 2.03. The van der Waals surface area contributed by atoms with Gasteiger partial charge in [-0.05, 0) is 19.3 Å². The van der Waals surface area contributed by atoms with Gasteiger partial charge in [-0.1, -0.05) is 13.5 Å². The highest BCUT2D eigenvalue weighted by molar-refractivity contribution is 5.58. The summed E-state index contributed by atoms with van der Waals surface area (Å²) in [6.45, 7) is 8.26. The number of hydrogen-bond donors (Lipinski definition) is 0. The third kappa shape index (κ3) is 2.37. The highest BCUT2D eigenvalue weighted by Gasteiger charge is 2.11. The summed E-state index contributed by atoms with van der Waals surface area (Å²) in [7, 11) is 0. The molecule has 1 fully saturated rings. The van der Waals surface area contributed by atoms with Crippen molar-refractivity contribution in [1.29, 1.82) is 0 Å². The second-order valence-corrected chi connectivity index (χ2v) is 2.83. The molecule has 0 unspecified atom stereocenters. The SMILES string of the molecule is C=C(N=CCC)N1CCCC1. The molecular formula is C9H16N2. The Labute approximate surface area is 68.6 Å². The number of nitrogens with zero attached hydrogens (tertiary/aromatic N) is 2. The van der Waals surface area contributed by atoms with E-state index in [0.29, 0.717) is 0 Å². The molecule has 2 heteroatoms. The van der Waals surface area contributed by atoms with Crippen LogP contribution in [-0.4, -0.2) is 24.2 Å². The van der Waals surface area contributed by atoms with E-state index in [1.807, 2.05) is 6.21 Å². The highest BCUT2D eigenvalue weighted by atomic mass is 15.2. The van der Waals surface area contributed by atoms with Gasteiger partial charge in [0.05, 0.1) is 0 Å². The fraction of sp³-hybridized carbons (Fsp3) is 0.667. The highest BCUT2D eigenvalue weighted by Crippen LogP contribution is 2.13. The van der Waals surface area contributed by atoms with Gasteiger partial charge in [0.1, 0.15) is 5.82 Å². The molecule has 0 saturated carbocycles. The summed E-state index contributed by atoms with van der Waals surface area (Å²) in [5.74, 6) is 0.935. The molecule has 0 bridgehead atoms. The van der Waals surface area contributed by atoms with Crippen molar-refractivity contribution in [3.63, 3.8) is 0 Å². The smallest absolute Gasteiger partial charge is 0.120 e. The van der Waals surface area contributed by atoms with Crippen LogP contribution in [0.3, 0.4) is 0 Å². The van der Waals surface area contributed by atoms with Crippen LogP contribution < -0.4 is 0 Å². The largest absolute Gasteiger partial charge is 0.357 e. The summed E-state index contributed by atoms with van der Waals surface area (Å²) in [6, 6.07) is 0. The molecule has 62 valence electrons. The van der Waals surface area contributed by atoms with Gasteiger partial charge in [0, 0.05) is 19.3 Å². The van der Waals surface area contributed by atoms with Crippen molar-refractivity contribution in [2.24, 2.45) is 4.99 Å². The molecule has 0 aliphatic carbocycles. The Morgan fingerprint density at radius 1 is 1.55 bits per heavy atom. The molecule has 2 nitrogen and oxygen atoms in total. The summed E-state index contributed by atoms with van der Waals surface area (Å²) in [4.78, 5) is 6.47. The van der Waals surface area contributed by atoms with Crippen molar-refractivity contribution in [3.8, 4) is 0 Å². The van der Waals surface area contributed by atoms with E-state index in [0.717, 1.165) is 25.3 Å². The summed E-state index contributed by atoms with van der Waals surface area (Å²) in [5, 5.41) is 0. The molecule has 0 N–H and O–H groups in total. The zero-order chi connectivity index (χ0) is 8.10. The van der Waals surface area contributed by atoms with Crippen molar-refractivity contribution in [2.75, 3.05) is 13.1 Å². The quantitative estimate of drug-likeness (QED) is 0.565. The zero-order valence-electron chi connectivity index (χ0n) is 7.21. The van der Waals surface area contributed by atoms with Crippen molar-refractivity contribution >= 4 is 6.21 Å². The van der Waals surface area contributed by atoms with Crippen LogP contribution in [0.5, 0.6) is 0 Å². The lowest BCUT2D eigenvalue weighted by atomic mass is 10.4. The minimum Gasteiger partial charge on any atom is -0.357 e. The van der Waals surface area contributed by atoms with Crippen LogP contribution in [0.2, 0.25) is 0 Å². The van der Waals surface area contributed by atoms with Crippen LogP contribution in [0.4, 0.5) is 0 Å². The number of likely N-dealkylation sites (tertiary alicyclic amines) is 1. The summed E-state index contributed by atoms with van der Waals surface area (Å²) >= 11 is 0. The third-order valence-electron chi connectivity index (χ3n) is 1.89. The predicted molar refractivity (Wildman–Crippen MR) is 48.7 cm³/mol. The maximum Gasteiger partial charge on any atom is 0.120 e. The van der Waals surface area contributed by atoms with Crippen LogP contribution >= 0.6 is 0 Å². The maximum atomic E-state index is 4.23. The van der Waals surface area contributed by atoms with Gasteiger partial charge in [-0.2, -0.15) is 0 Å². The Bertz CT molecular complexity index is 155. The molecule has 0 radical (unpaired) electrons. The van der Waals surface area contributed by atoms with E-state index in [9.17, 15) is 0 Å². The van der Waals surface area contributed by atoms with E-state index in [2.05, 4.69) is 23.4 Å². The fourth-order valence-corrected chi connectivity index (χ4v) is 1.25. The monoisotopic (exact) mass is 152 g/mol. The lowest BCUT2D eigenvalue weighted by Gasteiger charge is -2.15. The summed E-state index contributed by atoms with van der Waals surface area (Å²) in [6.07, 6.45) is 5.49. The number of rotatable bonds is 3. The molecular weight excluding hydrogens is 136 g/mol. The molecule has 1 aliphatic rings. The molecule has 11 heavy (non-hydrogen) atoms. The number of aliphatic imine (C=N–C) groups is 1. The third-order valence-corrected chi connectivity index (χ3v) is 1.89. The topological polar surface area (TPSA) is 15.6 Å². The van der Waals surface area contributed by atoms with E-state index >= 15 is 0 Å². The van der Waals surface area contributed by atoms with Crippen LogP contribution in [0.15, 0.2) is 17.4 Å². The van der Waals surface area contributed by atoms with Gasteiger partial charge in [-0.3, -0.25) is 0 Å². The Balaban J connectivity index is 2.34. The van der Waals surface area contributed by atoms with Gasteiger partial charge < -0.3 is 4.90 Å². The van der Waals surface area contributed by atoms with Gasteiger partial charge in [0.15, 0.2) is 0 Å². The molecule has 1 aliphatic heterocycles. The number of hydrogen-bond acceptors (Lipinski definition) is 2. The molecule has 0 aromatic rings. The van der Waals surface area contributed by atoms with Gasteiger partial charge in [0.25, 0.3) is 0 Å². The van der Waals surface area contributed by atoms with Gasteiger partial charge in [-0.15, -0.1) is 0 Å². The molecule has 1 heterocycles. The van der Waals surface area contributed by atoms with Crippen molar-refractivity contribution < 1.29 is 0 Å². The van der Waals surface area contributed by atoms with Crippen LogP contribution in [0.25, 0.3) is 0 Å². The Kier molecular flexibility index (Phi) is 3.14. The second kappa shape index (κ2) is 4.16. The molecule has 0 aromatic heterocycles. The van der Waals surface area contributed by atoms with Crippen molar-refractivity contribution in [1.82, 2.24) is 4.90 Å². The standard InChI is InChI=1S/C9H16N2/c1-3-6-10-9(2)11-7-4-5-8-11/h6H,2-5,7-8H2,1H3. The Morgan fingerprint density at radius 2 is 2.18 bits per heavy atom. The molecule has 0 spiro atoms. The molecule has 0 amide bonds. The molecule has 0 atom stereocenters. The van der Waals surface area contributed by atoms with Gasteiger partial charge in [0.2, 0.25) is 0 Å². The first-order valence-corrected chi connectivity index (χ1v) is 4.31. The van der Waals surface area contributed by atoms with Gasteiger partial charge in [-0.25, -0.2) is 4.99 Å². The normalized spacial score (nSPS) is 18.1. The average Bonchev–Trinajstić information content (AvgIpc) is 2.52. The summed E-state index contributed by atoms with van der Waals surface area (Å²) < 4.78 is 0. The van der Waals surface area contributed by atoms with Crippen LogP contribution in [-0.2, 0) is 0 Å². The Morgan fingerprint density at radius 3 is 2.73 bits per heavy atom. The summed E-state index contributed by atoms with van der Waals surface area (Å²) in [5.41, 5.74) is 0. The van der Waals surface area contributed by atoms with E-state index in [1.54, 1.807) is 0 Å². The average molecular weight is 152 g/mol. The van der Waals surface area contributed by atoms with Crippen LogP contribution in [0, 0.1) is 0 Å². The second-order valence-electron chi connectivity index (χ2n) is 2.83. The minimum absolute atomic E-state index is 0.935. The minimum atomic E-state index is 0.935. The van der Waals surface area contributed by atoms with Gasteiger partial charge >= 0.3 is 0 Å². The lowest BCUT2D eigenvalue weighted by molar-refractivity contribution is 0.425. The maximum absolute atomic E-state index is 4.23. The van der Waals surface area contributed by atoms with Crippen LogP contribution in [0.1, 0.15) is 26.2 Å². The Hall–Kier alpha value is -0.790. The first-order valence-electron chi connectivity index (χ1n) is 4.31. The molecule has 1 saturated heterocycles. The van der Waals surface area contributed by atoms with E-state index in [1.165, 1.54) is 12.8 Å². The first-order chi connectivity index (χ1) is 5.34. The zero-order valence-corrected chi connectivity index (χ0v) is 7.21. The van der Waals surface area contributed by atoms with Crippen molar-refractivity contribution in [3.05, 3.63) is 12.4 Å². The molecule has 1 rings (SSSR count). The van der Waals surface area contributed by atoms with Crippen molar-refractivity contribution in [2.45, 2.75) is 26.2 Å². The van der Waals surface area contributed by atoms with E-state index in [4.69, 9.17) is 0 Å². The fourth-order valence-electron chi connectivity index (χ4n) is 1.25. The first kappa shape index (κ1) is 8.31. The lowest BCUT2D eigenvalue weighted by Crippen LogP contribution is -2.16.